The molecule has 0 saturated carbocycles. The average molecular weight is 312 g/mol. The van der Waals surface area contributed by atoms with Gasteiger partial charge < -0.3 is 15.5 Å². The smallest absolute Gasteiger partial charge is 0.193 e. The maximum absolute atomic E-state index is 6.03. The quantitative estimate of drug-likeness (QED) is 0.657. The van der Waals surface area contributed by atoms with E-state index in [0.717, 1.165) is 24.5 Å². The Morgan fingerprint density at radius 2 is 1.91 bits per heavy atom. The number of rotatable bonds is 5. The number of likely N-dealkylation sites (tertiary alicyclic amines) is 1. The summed E-state index contributed by atoms with van der Waals surface area (Å²) in [5, 5.41) is 3.12. The number of nitrogens with two attached hydrogens (primary N) is 1. The fourth-order valence-corrected chi connectivity index (χ4v) is 2.99. The zero-order chi connectivity index (χ0) is 15.9. The molecule has 2 aromatic rings. The molecule has 5 heteroatoms. The van der Waals surface area contributed by atoms with Crippen molar-refractivity contribution in [2.75, 3.05) is 25.0 Å². The van der Waals surface area contributed by atoms with Crippen molar-refractivity contribution < 1.29 is 4.42 Å². The second kappa shape index (κ2) is 7.83. The van der Waals surface area contributed by atoms with Crippen LogP contribution >= 0.6 is 0 Å². The van der Waals surface area contributed by atoms with E-state index in [1.54, 1.807) is 6.26 Å². The highest BCUT2D eigenvalue weighted by atomic mass is 16.3. The van der Waals surface area contributed by atoms with Crippen molar-refractivity contribution in [1.82, 2.24) is 4.90 Å². The second-order valence-corrected chi connectivity index (χ2v) is 5.84. The summed E-state index contributed by atoms with van der Waals surface area (Å²) in [5.74, 6) is 1.40. The summed E-state index contributed by atoms with van der Waals surface area (Å²) in [6.07, 6.45) is 5.50. The van der Waals surface area contributed by atoms with E-state index >= 15 is 0 Å². The number of furan rings is 1. The van der Waals surface area contributed by atoms with Gasteiger partial charge in [-0.05, 0) is 50.2 Å². The molecule has 0 unspecified atom stereocenters. The van der Waals surface area contributed by atoms with Crippen LogP contribution < -0.4 is 11.1 Å². The molecule has 1 saturated heterocycles. The van der Waals surface area contributed by atoms with Gasteiger partial charge in [-0.1, -0.05) is 24.6 Å². The van der Waals surface area contributed by atoms with Crippen LogP contribution in [-0.2, 0) is 0 Å². The lowest BCUT2D eigenvalue weighted by molar-refractivity contribution is 0.150. The Morgan fingerprint density at radius 1 is 1.13 bits per heavy atom. The molecule has 1 aliphatic heterocycles. The molecule has 0 radical (unpaired) electrons. The van der Waals surface area contributed by atoms with E-state index in [1.807, 2.05) is 42.5 Å². The van der Waals surface area contributed by atoms with Crippen LogP contribution in [0.1, 0.15) is 31.1 Å². The first-order valence-electron chi connectivity index (χ1n) is 8.22. The number of para-hydroxylation sites is 1. The third kappa shape index (κ3) is 4.36. The van der Waals surface area contributed by atoms with Crippen LogP contribution in [-0.4, -0.2) is 30.5 Å². The number of hydrogen-bond donors (Lipinski definition) is 2. The van der Waals surface area contributed by atoms with Crippen molar-refractivity contribution >= 4 is 11.6 Å². The number of aliphatic imine (C=N–C) groups is 1. The minimum absolute atomic E-state index is 0.154. The van der Waals surface area contributed by atoms with Gasteiger partial charge in [0.1, 0.15) is 5.76 Å². The van der Waals surface area contributed by atoms with Crippen LogP contribution in [0.25, 0.3) is 0 Å². The maximum atomic E-state index is 6.03. The molecule has 0 bridgehead atoms. The van der Waals surface area contributed by atoms with Gasteiger partial charge in [-0.15, -0.1) is 0 Å². The first-order valence-corrected chi connectivity index (χ1v) is 8.22. The molecular formula is C18H24N4O. The molecular weight excluding hydrogens is 288 g/mol. The van der Waals surface area contributed by atoms with Gasteiger partial charge in [0, 0.05) is 5.69 Å². The van der Waals surface area contributed by atoms with Crippen molar-refractivity contribution in [3.63, 3.8) is 0 Å². The monoisotopic (exact) mass is 312 g/mol. The number of nitrogens with one attached hydrogen (secondary N) is 1. The fraction of sp³-hybridized carbons (Fsp3) is 0.389. The molecule has 5 nitrogen and oxygen atoms in total. The normalized spacial score (nSPS) is 17.8. The number of piperidine rings is 1. The summed E-state index contributed by atoms with van der Waals surface area (Å²) in [5.41, 5.74) is 6.97. The third-order valence-corrected chi connectivity index (χ3v) is 4.18. The molecule has 1 aromatic carbocycles. The molecule has 1 atom stereocenters. The summed E-state index contributed by atoms with van der Waals surface area (Å²) in [4.78, 5) is 6.98. The third-order valence-electron chi connectivity index (χ3n) is 4.18. The van der Waals surface area contributed by atoms with E-state index in [2.05, 4.69) is 15.2 Å². The molecule has 1 aliphatic rings. The summed E-state index contributed by atoms with van der Waals surface area (Å²) < 4.78 is 5.63. The summed E-state index contributed by atoms with van der Waals surface area (Å²) in [7, 11) is 0. The largest absolute Gasteiger partial charge is 0.468 e. The summed E-state index contributed by atoms with van der Waals surface area (Å²) in [6.45, 7) is 2.78. The number of benzene rings is 1. The zero-order valence-electron chi connectivity index (χ0n) is 13.3. The summed E-state index contributed by atoms with van der Waals surface area (Å²) in [6, 6.07) is 14.0. The van der Waals surface area contributed by atoms with Gasteiger partial charge in [-0.25, -0.2) is 0 Å². The Morgan fingerprint density at radius 3 is 2.61 bits per heavy atom. The van der Waals surface area contributed by atoms with E-state index in [4.69, 9.17) is 10.2 Å². The lowest BCUT2D eigenvalue weighted by atomic mass is 10.1. The summed E-state index contributed by atoms with van der Waals surface area (Å²) >= 11 is 0. The van der Waals surface area contributed by atoms with Crippen molar-refractivity contribution in [3.05, 3.63) is 54.5 Å². The average Bonchev–Trinajstić information content (AvgIpc) is 3.11. The molecule has 0 spiro atoms. The molecule has 122 valence electrons. The molecule has 1 aromatic heterocycles. The van der Waals surface area contributed by atoms with E-state index < -0.39 is 0 Å². The van der Waals surface area contributed by atoms with Crippen LogP contribution in [0.15, 0.2) is 58.1 Å². The van der Waals surface area contributed by atoms with Crippen LogP contribution in [0.2, 0.25) is 0 Å². The van der Waals surface area contributed by atoms with Crippen LogP contribution in [0, 0.1) is 0 Å². The Kier molecular flexibility index (Phi) is 5.32. The van der Waals surface area contributed by atoms with Crippen molar-refractivity contribution in [2.45, 2.75) is 25.3 Å². The lowest BCUT2D eigenvalue weighted by Crippen LogP contribution is -2.36. The van der Waals surface area contributed by atoms with E-state index in [-0.39, 0.29) is 6.04 Å². The number of hydrogen-bond acceptors (Lipinski definition) is 3. The van der Waals surface area contributed by atoms with Crippen molar-refractivity contribution in [2.24, 2.45) is 10.7 Å². The fourth-order valence-electron chi connectivity index (χ4n) is 2.99. The van der Waals surface area contributed by atoms with Gasteiger partial charge in [0.2, 0.25) is 0 Å². The molecule has 1 fully saturated rings. The SMILES string of the molecule is NC(=NC[C@H](c1ccco1)N1CCCCC1)Nc1ccccc1. The van der Waals surface area contributed by atoms with Gasteiger partial charge in [0.25, 0.3) is 0 Å². The molecule has 3 N–H and O–H groups in total. The van der Waals surface area contributed by atoms with E-state index in [9.17, 15) is 0 Å². The second-order valence-electron chi connectivity index (χ2n) is 5.84. The van der Waals surface area contributed by atoms with E-state index in [1.165, 1.54) is 19.3 Å². The van der Waals surface area contributed by atoms with E-state index in [0.29, 0.717) is 12.5 Å². The topological polar surface area (TPSA) is 66.8 Å². The highest BCUT2D eigenvalue weighted by molar-refractivity contribution is 5.92. The predicted octanol–water partition coefficient (Wildman–Crippen LogP) is 3.23. The van der Waals surface area contributed by atoms with Gasteiger partial charge in [0.15, 0.2) is 5.96 Å². The maximum Gasteiger partial charge on any atom is 0.193 e. The molecule has 23 heavy (non-hydrogen) atoms. The highest BCUT2D eigenvalue weighted by Crippen LogP contribution is 2.25. The Balaban J connectivity index is 1.67. The molecule has 3 rings (SSSR count). The zero-order valence-corrected chi connectivity index (χ0v) is 13.3. The predicted molar refractivity (Wildman–Crippen MR) is 93.4 cm³/mol. The standard InChI is InChI=1S/C18H24N4O/c19-18(21-15-8-3-1-4-9-15)20-14-16(17-10-7-13-23-17)22-11-5-2-6-12-22/h1,3-4,7-10,13,16H,2,5-6,11-12,14H2,(H3,19,20,21)/t16-/m1/s1. The lowest BCUT2D eigenvalue weighted by Gasteiger charge is -2.32. The first kappa shape index (κ1) is 15.6. The number of anilines is 1. The van der Waals surface area contributed by atoms with Crippen LogP contribution in [0.5, 0.6) is 0 Å². The minimum atomic E-state index is 0.154. The minimum Gasteiger partial charge on any atom is -0.468 e. The first-order chi connectivity index (χ1) is 11.3. The van der Waals surface area contributed by atoms with Crippen molar-refractivity contribution in [3.8, 4) is 0 Å². The molecule has 0 aliphatic carbocycles. The van der Waals surface area contributed by atoms with Gasteiger partial charge in [-0.2, -0.15) is 0 Å². The Hall–Kier alpha value is -2.27. The molecule has 0 amide bonds. The van der Waals surface area contributed by atoms with Gasteiger partial charge in [-0.3, -0.25) is 9.89 Å². The highest BCUT2D eigenvalue weighted by Gasteiger charge is 2.24. The number of nitrogens with zero attached hydrogens (tertiary/aromatic N) is 2. The van der Waals surface area contributed by atoms with Crippen molar-refractivity contribution in [1.29, 1.82) is 0 Å². The van der Waals surface area contributed by atoms with Gasteiger partial charge >= 0.3 is 0 Å². The Labute approximate surface area is 137 Å². The van der Waals surface area contributed by atoms with Crippen LogP contribution in [0.4, 0.5) is 5.69 Å². The number of guanidine groups is 1. The molecule has 2 heterocycles. The van der Waals surface area contributed by atoms with Crippen LogP contribution in [0.3, 0.4) is 0 Å². The Bertz CT molecular complexity index is 603. The van der Waals surface area contributed by atoms with Gasteiger partial charge in [0.05, 0.1) is 18.8 Å².